The van der Waals surface area contributed by atoms with E-state index in [2.05, 4.69) is 22.1 Å². The van der Waals surface area contributed by atoms with Crippen LogP contribution in [0.15, 0.2) is 48.7 Å². The number of carbonyl (C=O) groups is 1. The molecule has 22 heavy (non-hydrogen) atoms. The predicted molar refractivity (Wildman–Crippen MR) is 86.6 cm³/mol. The normalized spacial score (nSPS) is 15.9. The van der Waals surface area contributed by atoms with E-state index in [-0.39, 0.29) is 11.6 Å². The zero-order valence-corrected chi connectivity index (χ0v) is 12.6. The van der Waals surface area contributed by atoms with Gasteiger partial charge in [-0.05, 0) is 38.1 Å². The summed E-state index contributed by atoms with van der Waals surface area (Å²) in [6.45, 7) is 4.59. The highest BCUT2D eigenvalue weighted by Gasteiger charge is 2.35. The second-order valence-corrected chi connectivity index (χ2v) is 5.92. The van der Waals surface area contributed by atoms with Crippen LogP contribution in [0.4, 0.5) is 10.6 Å². The molecule has 4 heteroatoms. The van der Waals surface area contributed by atoms with Gasteiger partial charge in [-0.3, -0.25) is 4.90 Å². The summed E-state index contributed by atoms with van der Waals surface area (Å²) in [4.78, 5) is 17.9. The Balaban J connectivity index is 1.77. The second-order valence-electron chi connectivity index (χ2n) is 5.92. The Hall–Kier alpha value is -2.80. The van der Waals surface area contributed by atoms with Gasteiger partial charge in [-0.15, -0.1) is 0 Å². The van der Waals surface area contributed by atoms with Crippen LogP contribution in [0.5, 0.6) is 0 Å². The Morgan fingerprint density at radius 1 is 1.09 bits per heavy atom. The van der Waals surface area contributed by atoms with Crippen LogP contribution >= 0.6 is 0 Å². The third-order valence-corrected chi connectivity index (χ3v) is 3.39. The summed E-state index contributed by atoms with van der Waals surface area (Å²) in [6.07, 6.45) is 1.70. The molecule has 3 rings (SSSR count). The quantitative estimate of drug-likeness (QED) is 0.821. The Kier molecular flexibility index (Phi) is 3.56. The van der Waals surface area contributed by atoms with Crippen LogP contribution in [0, 0.1) is 11.8 Å². The fourth-order valence-corrected chi connectivity index (χ4v) is 2.33. The fourth-order valence-electron chi connectivity index (χ4n) is 2.33. The van der Waals surface area contributed by atoms with Crippen molar-refractivity contribution in [3.63, 3.8) is 0 Å². The number of anilines is 1. The van der Waals surface area contributed by atoms with Crippen LogP contribution in [0.3, 0.4) is 0 Å². The second kappa shape index (κ2) is 5.53. The van der Waals surface area contributed by atoms with Gasteiger partial charge in [-0.2, -0.15) is 0 Å². The van der Waals surface area contributed by atoms with Crippen molar-refractivity contribution in [2.75, 3.05) is 11.4 Å². The summed E-state index contributed by atoms with van der Waals surface area (Å²) >= 11 is 0. The Labute approximate surface area is 130 Å². The van der Waals surface area contributed by atoms with E-state index in [0.29, 0.717) is 12.4 Å². The number of rotatable bonds is 1. The first-order valence-electron chi connectivity index (χ1n) is 7.16. The largest absolute Gasteiger partial charge is 0.331 e. The van der Waals surface area contributed by atoms with Crippen molar-refractivity contribution in [1.82, 2.24) is 10.3 Å². The van der Waals surface area contributed by atoms with Crippen LogP contribution in [-0.4, -0.2) is 23.1 Å². The number of carbonyl (C=O) groups excluding carboxylic acids is 1. The molecule has 0 aliphatic carbocycles. The highest BCUT2D eigenvalue weighted by Crippen LogP contribution is 2.20. The van der Waals surface area contributed by atoms with E-state index in [0.717, 1.165) is 11.1 Å². The molecule has 0 radical (unpaired) electrons. The monoisotopic (exact) mass is 291 g/mol. The van der Waals surface area contributed by atoms with Gasteiger partial charge in [0.1, 0.15) is 5.82 Å². The molecule has 1 N–H and O–H groups in total. The molecule has 0 spiro atoms. The number of nitrogens with zero attached hydrogens (tertiary/aromatic N) is 2. The molecule has 1 saturated heterocycles. The van der Waals surface area contributed by atoms with Gasteiger partial charge in [0.25, 0.3) is 0 Å². The first-order chi connectivity index (χ1) is 10.5. The molecule has 2 heterocycles. The number of pyridine rings is 1. The minimum atomic E-state index is -0.232. The first kappa shape index (κ1) is 14.2. The molecule has 1 aliphatic rings. The lowest BCUT2D eigenvalue weighted by Crippen LogP contribution is -2.36. The van der Waals surface area contributed by atoms with Gasteiger partial charge in [0.15, 0.2) is 0 Å². The van der Waals surface area contributed by atoms with Crippen molar-refractivity contribution < 1.29 is 4.79 Å². The minimum Gasteiger partial charge on any atom is -0.331 e. The summed E-state index contributed by atoms with van der Waals surface area (Å²) in [6, 6.07) is 13.4. The lowest BCUT2D eigenvalue weighted by molar-refractivity contribution is 0.248. The highest BCUT2D eigenvalue weighted by molar-refractivity contribution is 5.94. The molecule has 0 atom stereocenters. The maximum absolute atomic E-state index is 11.9. The zero-order valence-electron chi connectivity index (χ0n) is 12.6. The molecule has 0 unspecified atom stereocenters. The third kappa shape index (κ3) is 3.09. The molecule has 2 aromatic rings. The smallest absolute Gasteiger partial charge is 0.323 e. The average molecular weight is 291 g/mol. The van der Waals surface area contributed by atoms with Crippen LogP contribution in [0.2, 0.25) is 0 Å². The van der Waals surface area contributed by atoms with E-state index in [1.54, 1.807) is 11.1 Å². The number of hydrogen-bond acceptors (Lipinski definition) is 2. The molecule has 2 amide bonds. The number of amides is 2. The molecule has 0 saturated carbocycles. The minimum absolute atomic E-state index is 0.111. The molecule has 1 fully saturated rings. The average Bonchev–Trinajstić information content (AvgIpc) is 2.80. The van der Waals surface area contributed by atoms with Crippen molar-refractivity contribution in [2.45, 2.75) is 19.4 Å². The summed E-state index contributed by atoms with van der Waals surface area (Å²) in [5, 5.41) is 2.92. The van der Waals surface area contributed by atoms with E-state index in [1.807, 2.05) is 56.3 Å². The summed E-state index contributed by atoms with van der Waals surface area (Å²) in [7, 11) is 0. The van der Waals surface area contributed by atoms with Crippen LogP contribution in [-0.2, 0) is 0 Å². The fraction of sp³-hybridized carbons (Fsp3) is 0.222. The van der Waals surface area contributed by atoms with E-state index >= 15 is 0 Å². The van der Waals surface area contributed by atoms with Crippen LogP contribution < -0.4 is 10.2 Å². The van der Waals surface area contributed by atoms with Crippen molar-refractivity contribution in [3.05, 3.63) is 59.8 Å². The zero-order chi connectivity index (χ0) is 15.6. The Morgan fingerprint density at radius 3 is 2.41 bits per heavy atom. The molecule has 1 aromatic carbocycles. The Bertz CT molecular complexity index is 739. The Morgan fingerprint density at radius 2 is 1.82 bits per heavy atom. The van der Waals surface area contributed by atoms with Gasteiger partial charge < -0.3 is 5.32 Å². The van der Waals surface area contributed by atoms with E-state index in [9.17, 15) is 4.79 Å². The van der Waals surface area contributed by atoms with E-state index < -0.39 is 0 Å². The van der Waals surface area contributed by atoms with Crippen LogP contribution in [0.25, 0.3) is 0 Å². The number of hydrogen-bond donors (Lipinski definition) is 1. The maximum atomic E-state index is 11.9. The van der Waals surface area contributed by atoms with Gasteiger partial charge in [-0.25, -0.2) is 9.78 Å². The van der Waals surface area contributed by atoms with Crippen molar-refractivity contribution in [2.24, 2.45) is 0 Å². The van der Waals surface area contributed by atoms with Crippen molar-refractivity contribution in [3.8, 4) is 11.8 Å². The summed E-state index contributed by atoms with van der Waals surface area (Å²) in [5.41, 5.74) is 1.56. The molecular weight excluding hydrogens is 274 g/mol. The lowest BCUT2D eigenvalue weighted by Gasteiger charge is -2.16. The summed E-state index contributed by atoms with van der Waals surface area (Å²) < 4.78 is 0. The van der Waals surface area contributed by atoms with Crippen molar-refractivity contribution in [1.29, 1.82) is 0 Å². The maximum Gasteiger partial charge on any atom is 0.323 e. The van der Waals surface area contributed by atoms with Gasteiger partial charge in [0, 0.05) is 17.3 Å². The highest BCUT2D eigenvalue weighted by atomic mass is 16.2. The number of nitrogens with one attached hydrogen (secondary N) is 1. The standard InChI is InChI=1S/C18H17N3O/c1-18(2)13-21(17(22)20-18)16-11-10-15(12-19-16)9-8-14-6-4-3-5-7-14/h3-7,10-12H,13H2,1-2H3,(H,20,22). The van der Waals surface area contributed by atoms with Crippen molar-refractivity contribution >= 4 is 11.8 Å². The third-order valence-electron chi connectivity index (χ3n) is 3.39. The van der Waals surface area contributed by atoms with E-state index in [1.165, 1.54) is 0 Å². The molecular formula is C18H17N3O. The molecule has 0 bridgehead atoms. The first-order valence-corrected chi connectivity index (χ1v) is 7.16. The van der Waals surface area contributed by atoms with Gasteiger partial charge >= 0.3 is 6.03 Å². The number of aromatic nitrogens is 1. The molecule has 110 valence electrons. The predicted octanol–water partition coefficient (Wildman–Crippen LogP) is 2.79. The summed E-state index contributed by atoms with van der Waals surface area (Å²) in [5.74, 6) is 6.81. The SMILES string of the molecule is CC1(C)CN(c2ccc(C#Cc3ccccc3)cn2)C(=O)N1. The number of benzene rings is 1. The van der Waals surface area contributed by atoms with Crippen LogP contribution in [0.1, 0.15) is 25.0 Å². The van der Waals surface area contributed by atoms with E-state index in [4.69, 9.17) is 0 Å². The number of urea groups is 1. The molecule has 1 aliphatic heterocycles. The van der Waals surface area contributed by atoms with Gasteiger partial charge in [0.2, 0.25) is 0 Å². The lowest BCUT2D eigenvalue weighted by atomic mass is 10.1. The molecule has 1 aromatic heterocycles. The van der Waals surface area contributed by atoms with Gasteiger partial charge in [-0.1, -0.05) is 30.0 Å². The topological polar surface area (TPSA) is 45.2 Å². The molecule has 4 nitrogen and oxygen atoms in total. The van der Waals surface area contributed by atoms with Gasteiger partial charge in [0.05, 0.1) is 12.1 Å².